The molecule has 0 N–H and O–H groups in total. The molecule has 0 bridgehead atoms. The summed E-state index contributed by atoms with van der Waals surface area (Å²) in [5, 5.41) is 0. The van der Waals surface area contributed by atoms with Crippen LogP contribution in [0.1, 0.15) is 30.9 Å². The van der Waals surface area contributed by atoms with E-state index in [1.54, 1.807) is 18.2 Å². The van der Waals surface area contributed by atoms with Gasteiger partial charge in [-0.3, -0.25) is 9.59 Å². The molecule has 6 heteroatoms. The fourth-order valence-corrected chi connectivity index (χ4v) is 3.99. The van der Waals surface area contributed by atoms with Crippen molar-refractivity contribution in [3.05, 3.63) is 47.0 Å². The number of rotatable bonds is 1. The van der Waals surface area contributed by atoms with Gasteiger partial charge >= 0.3 is 0 Å². The van der Waals surface area contributed by atoms with E-state index in [1.165, 1.54) is 18.0 Å². The van der Waals surface area contributed by atoms with Gasteiger partial charge in [0.05, 0.1) is 17.5 Å². The average molecular weight is 333 g/mol. The van der Waals surface area contributed by atoms with Gasteiger partial charge < -0.3 is 9.64 Å². The van der Waals surface area contributed by atoms with Crippen molar-refractivity contribution in [1.82, 2.24) is 4.90 Å². The number of nitrogens with zero attached hydrogens (tertiary/aromatic N) is 1. The van der Waals surface area contributed by atoms with Crippen LogP contribution in [0.4, 0.5) is 8.78 Å². The molecule has 0 aromatic heterocycles. The second kappa shape index (κ2) is 5.40. The van der Waals surface area contributed by atoms with Gasteiger partial charge in [0.15, 0.2) is 11.5 Å². The number of halogens is 2. The quantitative estimate of drug-likeness (QED) is 0.794. The van der Waals surface area contributed by atoms with Crippen LogP contribution in [-0.4, -0.2) is 35.9 Å². The third-order valence-corrected chi connectivity index (χ3v) is 5.21. The molecule has 1 aromatic rings. The summed E-state index contributed by atoms with van der Waals surface area (Å²) in [7, 11) is 1.52. The second-order valence-electron chi connectivity index (χ2n) is 6.62. The number of carbonyl (C=O) groups excluding carboxylic acids is 2. The molecule has 0 radical (unpaired) electrons. The van der Waals surface area contributed by atoms with E-state index < -0.39 is 36.0 Å². The van der Waals surface area contributed by atoms with Gasteiger partial charge in [0.1, 0.15) is 18.1 Å². The first-order valence-electron chi connectivity index (χ1n) is 8.09. The van der Waals surface area contributed by atoms with Crippen LogP contribution in [0, 0.1) is 11.7 Å². The van der Waals surface area contributed by atoms with Gasteiger partial charge in [0.2, 0.25) is 0 Å². The molecule has 4 atom stereocenters. The SMILES string of the molecule is CN1C(=O)C2=C(C(=O)C3CC(F)CCC3O2)C1c1ccccc1F. The number of benzene rings is 1. The lowest BCUT2D eigenvalue weighted by atomic mass is 9.77. The first kappa shape index (κ1) is 15.3. The fourth-order valence-electron chi connectivity index (χ4n) is 3.99. The van der Waals surface area contributed by atoms with Gasteiger partial charge in [-0.1, -0.05) is 18.2 Å². The molecule has 1 saturated carbocycles. The van der Waals surface area contributed by atoms with Crippen LogP contribution in [0.25, 0.3) is 0 Å². The monoisotopic (exact) mass is 333 g/mol. The molecule has 4 rings (SSSR count). The lowest BCUT2D eigenvalue weighted by molar-refractivity contribution is -0.135. The van der Waals surface area contributed by atoms with Gasteiger partial charge in [-0.2, -0.15) is 0 Å². The molecule has 24 heavy (non-hydrogen) atoms. The summed E-state index contributed by atoms with van der Waals surface area (Å²) in [6.45, 7) is 0. The maximum absolute atomic E-state index is 14.3. The highest BCUT2D eigenvalue weighted by molar-refractivity contribution is 6.11. The highest BCUT2D eigenvalue weighted by Gasteiger charge is 2.52. The Kier molecular flexibility index (Phi) is 3.44. The van der Waals surface area contributed by atoms with Crippen LogP contribution in [0.5, 0.6) is 0 Å². The Morgan fingerprint density at radius 3 is 2.71 bits per heavy atom. The van der Waals surface area contributed by atoms with Crippen molar-refractivity contribution in [2.45, 2.75) is 37.6 Å². The largest absolute Gasteiger partial charge is 0.483 e. The van der Waals surface area contributed by atoms with Crippen molar-refractivity contribution < 1.29 is 23.1 Å². The summed E-state index contributed by atoms with van der Waals surface area (Å²) in [6, 6.07) is 5.24. The van der Waals surface area contributed by atoms with Crippen molar-refractivity contribution in [3.8, 4) is 0 Å². The maximum atomic E-state index is 14.3. The minimum atomic E-state index is -1.04. The third kappa shape index (κ3) is 2.08. The van der Waals surface area contributed by atoms with Crippen molar-refractivity contribution in [2.24, 2.45) is 5.92 Å². The number of hydrogen-bond acceptors (Lipinski definition) is 3. The summed E-state index contributed by atoms with van der Waals surface area (Å²) in [4.78, 5) is 26.8. The average Bonchev–Trinajstić information content (AvgIpc) is 2.81. The summed E-state index contributed by atoms with van der Waals surface area (Å²) in [6.07, 6.45) is -0.655. The predicted octanol–water partition coefficient (Wildman–Crippen LogP) is 2.70. The molecular weight excluding hydrogens is 316 g/mol. The second-order valence-corrected chi connectivity index (χ2v) is 6.62. The number of likely N-dealkylation sites (N-methyl/N-ethyl adjacent to an activating group) is 1. The zero-order valence-electron chi connectivity index (χ0n) is 13.2. The van der Waals surface area contributed by atoms with Crippen molar-refractivity contribution in [1.29, 1.82) is 0 Å². The summed E-state index contributed by atoms with van der Waals surface area (Å²) < 4.78 is 33.8. The maximum Gasteiger partial charge on any atom is 0.289 e. The lowest BCUT2D eigenvalue weighted by Gasteiger charge is -2.36. The topological polar surface area (TPSA) is 46.6 Å². The van der Waals surface area contributed by atoms with Crippen molar-refractivity contribution in [3.63, 3.8) is 0 Å². The van der Waals surface area contributed by atoms with Gasteiger partial charge in [0, 0.05) is 12.6 Å². The van der Waals surface area contributed by atoms with E-state index in [1.807, 2.05) is 0 Å². The molecule has 1 aromatic carbocycles. The van der Waals surface area contributed by atoms with E-state index in [9.17, 15) is 18.4 Å². The summed E-state index contributed by atoms with van der Waals surface area (Å²) in [5.41, 5.74) is 0.421. The first-order valence-corrected chi connectivity index (χ1v) is 8.09. The standard InChI is InChI=1S/C18H17F2NO3/c1-21-15(10-4-2-3-5-12(10)20)14-16(22)11-8-9(19)6-7-13(11)24-17(14)18(21)23/h2-5,9,11,13,15H,6-8H2,1H3. The van der Waals surface area contributed by atoms with E-state index >= 15 is 0 Å². The van der Waals surface area contributed by atoms with Gasteiger partial charge in [0.25, 0.3) is 5.91 Å². The van der Waals surface area contributed by atoms with Crippen molar-refractivity contribution >= 4 is 11.7 Å². The molecule has 126 valence electrons. The number of hydrogen-bond donors (Lipinski definition) is 0. The van der Waals surface area contributed by atoms with E-state index in [-0.39, 0.29) is 29.1 Å². The zero-order chi connectivity index (χ0) is 17.0. The molecule has 4 nitrogen and oxygen atoms in total. The summed E-state index contributed by atoms with van der Waals surface area (Å²) >= 11 is 0. The van der Waals surface area contributed by atoms with Crippen molar-refractivity contribution in [2.75, 3.05) is 7.05 Å². The summed E-state index contributed by atoms with van der Waals surface area (Å²) in [5.74, 6) is -1.78. The molecule has 4 unspecified atom stereocenters. The number of fused-ring (bicyclic) bond motifs is 1. The first-order chi connectivity index (χ1) is 11.5. The Bertz CT molecular complexity index is 760. The highest BCUT2D eigenvalue weighted by atomic mass is 19.1. The van der Waals surface area contributed by atoms with Gasteiger partial charge in [-0.15, -0.1) is 0 Å². The third-order valence-electron chi connectivity index (χ3n) is 5.21. The number of ketones is 1. The van der Waals surface area contributed by atoms with Crippen LogP contribution in [0.3, 0.4) is 0 Å². The number of amides is 1. The fraction of sp³-hybridized carbons (Fsp3) is 0.444. The molecular formula is C18H17F2NO3. The normalized spacial score (nSPS) is 32.5. The Hall–Kier alpha value is -2.24. The molecule has 3 aliphatic rings. The molecule has 2 aliphatic heterocycles. The minimum absolute atomic E-state index is 0.00862. The molecule has 0 saturated heterocycles. The van der Waals surface area contributed by atoms with Crippen LogP contribution in [-0.2, 0) is 14.3 Å². The predicted molar refractivity (Wildman–Crippen MR) is 81.1 cm³/mol. The number of alkyl halides is 1. The number of Topliss-reactive ketones (excluding diaryl/α,β-unsaturated/α-hetero) is 1. The highest BCUT2D eigenvalue weighted by Crippen LogP contribution is 2.46. The van der Waals surface area contributed by atoms with Gasteiger partial charge in [-0.05, 0) is 25.3 Å². The molecule has 1 aliphatic carbocycles. The van der Waals surface area contributed by atoms with Gasteiger partial charge in [-0.25, -0.2) is 8.78 Å². The number of carbonyl (C=O) groups is 2. The van der Waals surface area contributed by atoms with E-state index in [4.69, 9.17) is 4.74 Å². The lowest BCUT2D eigenvalue weighted by Crippen LogP contribution is -2.42. The minimum Gasteiger partial charge on any atom is -0.483 e. The Morgan fingerprint density at radius 2 is 1.96 bits per heavy atom. The molecule has 0 spiro atoms. The molecule has 2 heterocycles. The molecule has 1 fully saturated rings. The zero-order valence-corrected chi connectivity index (χ0v) is 13.2. The van der Waals surface area contributed by atoms with Crippen LogP contribution in [0.15, 0.2) is 35.6 Å². The van der Waals surface area contributed by atoms with Crippen LogP contribution >= 0.6 is 0 Å². The Labute approximate surface area is 138 Å². The van der Waals surface area contributed by atoms with E-state index in [2.05, 4.69) is 0 Å². The Morgan fingerprint density at radius 1 is 1.21 bits per heavy atom. The smallest absolute Gasteiger partial charge is 0.289 e. The molecule has 1 amide bonds. The van der Waals surface area contributed by atoms with Crippen LogP contribution < -0.4 is 0 Å². The van der Waals surface area contributed by atoms with E-state index in [0.29, 0.717) is 12.8 Å². The number of ether oxygens (including phenoxy) is 1. The van der Waals surface area contributed by atoms with Crippen LogP contribution in [0.2, 0.25) is 0 Å². The Balaban J connectivity index is 1.80. The van der Waals surface area contributed by atoms with E-state index in [0.717, 1.165) is 0 Å².